The third-order valence-electron chi connectivity index (χ3n) is 6.73. The molecule has 0 radical (unpaired) electrons. The third-order valence-corrected chi connectivity index (χ3v) is 7.83. The van der Waals surface area contributed by atoms with E-state index in [4.69, 9.17) is 14.2 Å². The van der Waals surface area contributed by atoms with Gasteiger partial charge in [-0.25, -0.2) is 4.79 Å². The van der Waals surface area contributed by atoms with Crippen LogP contribution in [-0.2, 0) is 32.2 Å². The molecular weight excluding hydrogens is 540 g/mol. The van der Waals surface area contributed by atoms with Crippen molar-refractivity contribution in [3.8, 4) is 0 Å². The fourth-order valence-corrected chi connectivity index (χ4v) is 5.55. The molecule has 4 unspecified atom stereocenters. The molecule has 8 nitrogen and oxygen atoms in total. The predicted molar refractivity (Wildman–Crippen MR) is 159 cm³/mol. The molecule has 4 atom stereocenters. The van der Waals surface area contributed by atoms with Gasteiger partial charge in [0.05, 0.1) is 18.8 Å². The van der Waals surface area contributed by atoms with E-state index in [0.29, 0.717) is 12.3 Å². The lowest BCUT2D eigenvalue weighted by Gasteiger charge is -2.41. The first-order valence-corrected chi connectivity index (χ1v) is 14.5. The summed E-state index contributed by atoms with van der Waals surface area (Å²) in [5.74, 6) is 0.664. The minimum Gasteiger partial charge on any atom is -0.445 e. The van der Waals surface area contributed by atoms with Crippen LogP contribution in [0.3, 0.4) is 0 Å². The number of anilines is 1. The van der Waals surface area contributed by atoms with Gasteiger partial charge < -0.3 is 30.0 Å². The first-order chi connectivity index (χ1) is 19.9. The van der Waals surface area contributed by atoms with E-state index in [1.165, 1.54) is 13.0 Å². The molecule has 41 heavy (non-hydrogen) atoms. The minimum atomic E-state index is -0.582. The molecule has 1 fully saturated rings. The molecule has 1 aliphatic rings. The molecule has 0 aromatic heterocycles. The zero-order valence-corrected chi connectivity index (χ0v) is 24.1. The zero-order chi connectivity index (χ0) is 29.2. The maximum Gasteiger partial charge on any atom is 0.407 e. The van der Waals surface area contributed by atoms with Crippen molar-refractivity contribution in [3.63, 3.8) is 0 Å². The molecule has 3 aromatic rings. The number of hydrogen-bond acceptors (Lipinski definition) is 7. The Morgan fingerprint density at radius 3 is 2.27 bits per heavy atom. The molecule has 1 heterocycles. The normalized spacial score (nSPS) is 20.2. The Kier molecular flexibility index (Phi) is 11.0. The Hall–Kier alpha value is -3.63. The lowest BCUT2D eigenvalue weighted by molar-refractivity contribution is -0.268. The van der Waals surface area contributed by atoms with E-state index < -0.39 is 12.4 Å². The Labute approximate surface area is 245 Å². The number of aliphatic hydroxyl groups excluding tert-OH is 1. The topological polar surface area (TPSA) is 106 Å². The highest BCUT2D eigenvalue weighted by Gasteiger charge is 2.38. The average Bonchev–Trinajstić information content (AvgIpc) is 2.99. The molecule has 3 aromatic carbocycles. The zero-order valence-electron chi connectivity index (χ0n) is 23.2. The summed E-state index contributed by atoms with van der Waals surface area (Å²) < 4.78 is 18.0. The minimum absolute atomic E-state index is 0.0136. The fourth-order valence-electron chi connectivity index (χ4n) is 4.48. The second kappa shape index (κ2) is 14.8. The van der Waals surface area contributed by atoms with E-state index in [-0.39, 0.29) is 37.2 Å². The van der Waals surface area contributed by atoms with Crippen LogP contribution in [-0.4, -0.2) is 35.6 Å². The fraction of sp³-hybridized carbons (Fsp3) is 0.312. The Balaban J connectivity index is 1.48. The van der Waals surface area contributed by atoms with Crippen molar-refractivity contribution in [2.24, 2.45) is 5.92 Å². The summed E-state index contributed by atoms with van der Waals surface area (Å²) in [5, 5.41) is 15.0. The number of benzene rings is 3. The van der Waals surface area contributed by atoms with Gasteiger partial charge in [0, 0.05) is 41.3 Å². The lowest BCUT2D eigenvalue weighted by Crippen LogP contribution is -2.38. The van der Waals surface area contributed by atoms with Gasteiger partial charge in [-0.1, -0.05) is 68.1 Å². The molecule has 0 aliphatic carbocycles. The van der Waals surface area contributed by atoms with Crippen LogP contribution < -0.4 is 10.6 Å². The van der Waals surface area contributed by atoms with Crippen molar-refractivity contribution in [1.82, 2.24) is 5.32 Å². The first kappa shape index (κ1) is 30.3. The van der Waals surface area contributed by atoms with Crippen LogP contribution in [0.5, 0.6) is 0 Å². The van der Waals surface area contributed by atoms with Crippen molar-refractivity contribution in [3.05, 3.63) is 108 Å². The number of amides is 2. The highest BCUT2D eigenvalue weighted by Crippen LogP contribution is 2.43. The molecule has 1 saturated heterocycles. The number of aliphatic hydroxyl groups is 1. The highest BCUT2D eigenvalue weighted by molar-refractivity contribution is 7.99. The van der Waals surface area contributed by atoms with E-state index in [0.717, 1.165) is 32.8 Å². The molecule has 9 heteroatoms. The molecule has 0 bridgehead atoms. The third kappa shape index (κ3) is 8.68. The van der Waals surface area contributed by atoms with Crippen molar-refractivity contribution in [2.75, 3.05) is 17.7 Å². The van der Waals surface area contributed by atoms with Crippen molar-refractivity contribution < 1.29 is 28.9 Å². The Bertz CT molecular complexity index is 1300. The molecule has 2 amide bonds. The highest BCUT2D eigenvalue weighted by atomic mass is 32.2. The van der Waals surface area contributed by atoms with E-state index in [1.807, 2.05) is 72.8 Å². The van der Waals surface area contributed by atoms with Gasteiger partial charge in [0.25, 0.3) is 0 Å². The summed E-state index contributed by atoms with van der Waals surface area (Å²) in [6.07, 6.45) is 0.110. The van der Waals surface area contributed by atoms with Gasteiger partial charge >= 0.3 is 6.09 Å². The van der Waals surface area contributed by atoms with Crippen LogP contribution >= 0.6 is 11.8 Å². The number of alkyl carbamates (subject to hydrolysis) is 1. The summed E-state index contributed by atoms with van der Waals surface area (Å²) in [5.41, 5.74) is 4.42. The number of carbonyl (C=O) groups excluding carboxylic acids is 2. The quantitative estimate of drug-likeness (QED) is 0.186. The van der Waals surface area contributed by atoms with Crippen LogP contribution in [0.2, 0.25) is 0 Å². The van der Waals surface area contributed by atoms with E-state index in [2.05, 4.69) is 24.1 Å². The van der Waals surface area contributed by atoms with Gasteiger partial charge in [-0.3, -0.25) is 4.79 Å². The first-order valence-electron chi connectivity index (χ1n) is 13.5. The van der Waals surface area contributed by atoms with Gasteiger partial charge in [0.15, 0.2) is 6.29 Å². The van der Waals surface area contributed by atoms with E-state index >= 15 is 0 Å². The molecule has 0 spiro atoms. The summed E-state index contributed by atoms with van der Waals surface area (Å²) >= 11 is 1.69. The van der Waals surface area contributed by atoms with Crippen LogP contribution in [0.25, 0.3) is 0 Å². The Morgan fingerprint density at radius 1 is 0.976 bits per heavy atom. The van der Waals surface area contributed by atoms with Crippen LogP contribution in [0.1, 0.15) is 48.5 Å². The number of rotatable bonds is 11. The van der Waals surface area contributed by atoms with Gasteiger partial charge in [-0.2, -0.15) is 0 Å². The van der Waals surface area contributed by atoms with Gasteiger partial charge in [0.1, 0.15) is 6.61 Å². The van der Waals surface area contributed by atoms with Gasteiger partial charge in [0.2, 0.25) is 5.91 Å². The number of ether oxygens (including phenoxy) is 3. The number of carbonyl (C=O) groups is 2. The molecular formula is C32H36N2O6S. The second-order valence-corrected chi connectivity index (χ2v) is 10.9. The SMILES string of the molecule is C=CCOC(=O)NCc1ccc(C2OC(CSc3ccc(NC(C)=O)cc3)C(C)C(c3ccc(CO)cc3)O2)cc1. The molecule has 3 N–H and O–H groups in total. The lowest BCUT2D eigenvalue weighted by atomic mass is 9.91. The summed E-state index contributed by atoms with van der Waals surface area (Å²) in [7, 11) is 0. The number of hydrogen-bond donors (Lipinski definition) is 3. The molecule has 4 rings (SSSR count). The maximum absolute atomic E-state index is 11.7. The molecule has 1 aliphatic heterocycles. The van der Waals surface area contributed by atoms with Gasteiger partial charge in [-0.15, -0.1) is 11.8 Å². The smallest absolute Gasteiger partial charge is 0.407 e. The van der Waals surface area contributed by atoms with Gasteiger partial charge in [-0.05, 0) is 41.0 Å². The van der Waals surface area contributed by atoms with Crippen LogP contribution in [0.15, 0.2) is 90.3 Å². The Morgan fingerprint density at radius 2 is 1.63 bits per heavy atom. The largest absolute Gasteiger partial charge is 0.445 e. The van der Waals surface area contributed by atoms with Crippen LogP contribution in [0.4, 0.5) is 10.5 Å². The maximum atomic E-state index is 11.7. The van der Waals surface area contributed by atoms with Crippen molar-refractivity contribution >= 4 is 29.4 Å². The number of nitrogens with one attached hydrogen (secondary N) is 2. The van der Waals surface area contributed by atoms with Crippen molar-refractivity contribution in [2.45, 2.75) is 50.4 Å². The monoisotopic (exact) mass is 576 g/mol. The molecule has 0 saturated carbocycles. The summed E-state index contributed by atoms with van der Waals surface area (Å²) in [6, 6.07) is 23.3. The molecule has 216 valence electrons. The number of thioether (sulfide) groups is 1. The van der Waals surface area contributed by atoms with E-state index in [9.17, 15) is 14.7 Å². The van der Waals surface area contributed by atoms with Crippen LogP contribution in [0, 0.1) is 5.92 Å². The van der Waals surface area contributed by atoms with E-state index in [1.54, 1.807) is 11.8 Å². The standard InChI is InChI=1S/C32H36N2O6S/c1-4-17-38-32(37)33-18-23-5-11-26(12-6-23)31-39-29(20-41-28-15-13-27(14-16-28)34-22(3)36)21(2)30(40-31)25-9-7-24(19-35)8-10-25/h4-16,21,29-31,35H,1,17-20H2,2-3H3,(H,33,37)(H,34,36). The van der Waals surface area contributed by atoms with Crippen molar-refractivity contribution in [1.29, 1.82) is 0 Å². The average molecular weight is 577 g/mol. The summed E-state index contributed by atoms with van der Waals surface area (Å²) in [6.45, 7) is 7.63. The summed E-state index contributed by atoms with van der Waals surface area (Å²) in [4.78, 5) is 24.1. The predicted octanol–water partition coefficient (Wildman–Crippen LogP) is 6.13. The second-order valence-electron chi connectivity index (χ2n) is 9.82.